The standard InChI is InChI=1S/C28H29N3O4/c1-3-18-35-25-14-10-21(11-15-25)19-26(30-27(32)23-8-6-5-7-9-23)28(33)31-29-20-22-12-16-24(17-13-22)34-4-2/h5-17,19-20H,3-4,18H2,1-2H3,(H,30,32)(H,31,33). The fourth-order valence-electron chi connectivity index (χ4n) is 3.03. The largest absolute Gasteiger partial charge is 0.494 e. The fourth-order valence-corrected chi connectivity index (χ4v) is 3.03. The molecule has 0 saturated heterocycles. The number of nitrogens with zero attached hydrogens (tertiary/aromatic N) is 1. The van der Waals surface area contributed by atoms with Gasteiger partial charge in [-0.2, -0.15) is 5.10 Å². The summed E-state index contributed by atoms with van der Waals surface area (Å²) in [6, 6.07) is 23.3. The minimum Gasteiger partial charge on any atom is -0.494 e. The minimum absolute atomic E-state index is 0.0601. The molecule has 0 aliphatic heterocycles. The van der Waals surface area contributed by atoms with Gasteiger partial charge in [-0.3, -0.25) is 9.59 Å². The quantitative estimate of drug-likeness (QED) is 0.239. The zero-order valence-corrected chi connectivity index (χ0v) is 19.9. The predicted molar refractivity (Wildman–Crippen MR) is 137 cm³/mol. The summed E-state index contributed by atoms with van der Waals surface area (Å²) in [6.07, 6.45) is 4.02. The Morgan fingerprint density at radius 1 is 0.829 bits per heavy atom. The van der Waals surface area contributed by atoms with Crippen molar-refractivity contribution in [3.63, 3.8) is 0 Å². The molecule has 3 aromatic rings. The zero-order valence-electron chi connectivity index (χ0n) is 19.9. The number of ether oxygens (including phenoxy) is 2. The van der Waals surface area contributed by atoms with Crippen molar-refractivity contribution in [2.45, 2.75) is 20.3 Å². The Kier molecular flexibility index (Phi) is 9.63. The maximum absolute atomic E-state index is 12.9. The lowest BCUT2D eigenvalue weighted by atomic mass is 10.1. The SMILES string of the molecule is CCCOc1ccc(C=C(NC(=O)c2ccccc2)C(=O)NN=Cc2ccc(OCC)cc2)cc1. The van der Waals surface area contributed by atoms with Crippen LogP contribution in [0.1, 0.15) is 41.8 Å². The molecule has 0 spiro atoms. The molecule has 0 heterocycles. The molecular weight excluding hydrogens is 442 g/mol. The van der Waals surface area contributed by atoms with Crippen LogP contribution in [-0.4, -0.2) is 31.2 Å². The number of amides is 2. The average Bonchev–Trinajstić information content (AvgIpc) is 2.89. The highest BCUT2D eigenvalue weighted by Gasteiger charge is 2.14. The van der Waals surface area contributed by atoms with Crippen molar-refractivity contribution in [1.29, 1.82) is 0 Å². The van der Waals surface area contributed by atoms with E-state index >= 15 is 0 Å². The van der Waals surface area contributed by atoms with E-state index in [1.165, 1.54) is 6.21 Å². The smallest absolute Gasteiger partial charge is 0.287 e. The van der Waals surface area contributed by atoms with E-state index in [1.54, 1.807) is 30.3 Å². The average molecular weight is 472 g/mol. The van der Waals surface area contributed by atoms with Crippen molar-refractivity contribution in [3.05, 3.63) is 101 Å². The first-order valence-electron chi connectivity index (χ1n) is 11.5. The van der Waals surface area contributed by atoms with Gasteiger partial charge in [0.15, 0.2) is 0 Å². The topological polar surface area (TPSA) is 89.0 Å². The van der Waals surface area contributed by atoms with Gasteiger partial charge in [0.1, 0.15) is 17.2 Å². The lowest BCUT2D eigenvalue weighted by molar-refractivity contribution is -0.117. The van der Waals surface area contributed by atoms with E-state index in [0.717, 1.165) is 29.0 Å². The van der Waals surface area contributed by atoms with Crippen LogP contribution in [0.15, 0.2) is 89.7 Å². The van der Waals surface area contributed by atoms with E-state index < -0.39 is 11.8 Å². The molecule has 7 nitrogen and oxygen atoms in total. The molecule has 2 amide bonds. The van der Waals surface area contributed by atoms with Crippen LogP contribution in [0.5, 0.6) is 11.5 Å². The fraction of sp³-hybridized carbons (Fsp3) is 0.179. The van der Waals surface area contributed by atoms with Gasteiger partial charge < -0.3 is 14.8 Å². The molecule has 0 unspecified atom stereocenters. The minimum atomic E-state index is -0.553. The Balaban J connectivity index is 1.75. The van der Waals surface area contributed by atoms with E-state index in [1.807, 2.05) is 68.4 Å². The molecule has 0 bridgehead atoms. The molecule has 0 saturated carbocycles. The molecule has 7 heteroatoms. The summed E-state index contributed by atoms with van der Waals surface area (Å²) < 4.78 is 11.0. The Morgan fingerprint density at radius 3 is 2.09 bits per heavy atom. The van der Waals surface area contributed by atoms with Crippen LogP contribution >= 0.6 is 0 Å². The first kappa shape index (κ1) is 25.2. The van der Waals surface area contributed by atoms with Gasteiger partial charge in [0.2, 0.25) is 0 Å². The van der Waals surface area contributed by atoms with Crippen LogP contribution in [0.25, 0.3) is 6.08 Å². The third kappa shape index (κ3) is 8.16. The van der Waals surface area contributed by atoms with E-state index in [0.29, 0.717) is 18.8 Å². The van der Waals surface area contributed by atoms with Crippen LogP contribution in [0.3, 0.4) is 0 Å². The van der Waals surface area contributed by atoms with E-state index in [9.17, 15) is 9.59 Å². The molecule has 0 radical (unpaired) electrons. The third-order valence-corrected chi connectivity index (χ3v) is 4.76. The highest BCUT2D eigenvalue weighted by atomic mass is 16.5. The Bertz CT molecular complexity index is 1160. The summed E-state index contributed by atoms with van der Waals surface area (Å²) >= 11 is 0. The zero-order chi connectivity index (χ0) is 24.9. The molecule has 0 aliphatic carbocycles. The number of carbonyl (C=O) groups is 2. The van der Waals surface area contributed by atoms with Crippen LogP contribution in [0.2, 0.25) is 0 Å². The van der Waals surface area contributed by atoms with Gasteiger partial charge in [-0.1, -0.05) is 37.3 Å². The number of hydrogen-bond acceptors (Lipinski definition) is 5. The number of benzene rings is 3. The van der Waals surface area contributed by atoms with E-state index in [2.05, 4.69) is 15.8 Å². The second-order valence-corrected chi connectivity index (χ2v) is 7.50. The highest BCUT2D eigenvalue weighted by Crippen LogP contribution is 2.15. The summed E-state index contributed by atoms with van der Waals surface area (Å²) in [5.41, 5.74) is 4.49. The van der Waals surface area contributed by atoms with Crippen LogP contribution < -0.4 is 20.2 Å². The molecular formula is C28H29N3O4. The van der Waals surface area contributed by atoms with E-state index in [-0.39, 0.29) is 5.70 Å². The van der Waals surface area contributed by atoms with Crippen LogP contribution in [0, 0.1) is 0 Å². The summed E-state index contributed by atoms with van der Waals surface area (Å²) in [5, 5.41) is 6.72. The number of hydrogen-bond donors (Lipinski definition) is 2. The van der Waals surface area contributed by atoms with Gasteiger partial charge in [-0.25, -0.2) is 5.43 Å². The van der Waals surface area contributed by atoms with Gasteiger partial charge in [-0.05, 0) is 79.1 Å². The van der Waals surface area contributed by atoms with E-state index in [4.69, 9.17) is 9.47 Å². The Labute approximate surface area is 205 Å². The molecule has 0 fully saturated rings. The normalized spacial score (nSPS) is 11.2. The summed E-state index contributed by atoms with van der Waals surface area (Å²) in [5.74, 6) is 0.546. The highest BCUT2D eigenvalue weighted by molar-refractivity contribution is 6.05. The number of nitrogens with one attached hydrogen (secondary N) is 2. The van der Waals surface area contributed by atoms with Crippen LogP contribution in [-0.2, 0) is 4.79 Å². The first-order valence-corrected chi connectivity index (χ1v) is 11.5. The maximum atomic E-state index is 12.9. The van der Waals surface area contributed by atoms with Crippen LogP contribution in [0.4, 0.5) is 0 Å². The Morgan fingerprint density at radius 2 is 1.46 bits per heavy atom. The molecule has 2 N–H and O–H groups in total. The summed E-state index contributed by atoms with van der Waals surface area (Å²) in [4.78, 5) is 25.6. The van der Waals surface area contributed by atoms with Gasteiger partial charge in [-0.15, -0.1) is 0 Å². The third-order valence-electron chi connectivity index (χ3n) is 4.76. The van der Waals surface area contributed by atoms with Gasteiger partial charge >= 0.3 is 0 Å². The molecule has 35 heavy (non-hydrogen) atoms. The van der Waals surface area contributed by atoms with Gasteiger partial charge in [0, 0.05) is 5.56 Å². The maximum Gasteiger partial charge on any atom is 0.287 e. The molecule has 180 valence electrons. The van der Waals surface area contributed by atoms with Crippen molar-refractivity contribution >= 4 is 24.1 Å². The monoisotopic (exact) mass is 471 g/mol. The predicted octanol–water partition coefficient (Wildman–Crippen LogP) is 4.80. The van der Waals surface area contributed by atoms with Gasteiger partial charge in [0.05, 0.1) is 19.4 Å². The van der Waals surface area contributed by atoms with Crippen molar-refractivity contribution in [3.8, 4) is 11.5 Å². The second kappa shape index (κ2) is 13.3. The van der Waals surface area contributed by atoms with Crippen molar-refractivity contribution in [1.82, 2.24) is 10.7 Å². The second-order valence-electron chi connectivity index (χ2n) is 7.50. The Hall–Kier alpha value is -4.39. The van der Waals surface area contributed by atoms with Crippen molar-refractivity contribution in [2.24, 2.45) is 5.10 Å². The van der Waals surface area contributed by atoms with Crippen molar-refractivity contribution in [2.75, 3.05) is 13.2 Å². The molecule has 0 aliphatic rings. The summed E-state index contributed by atoms with van der Waals surface area (Å²) in [7, 11) is 0. The molecule has 0 aromatic heterocycles. The number of rotatable bonds is 11. The molecule has 0 atom stereocenters. The molecule has 3 rings (SSSR count). The number of carbonyl (C=O) groups excluding carboxylic acids is 2. The summed E-state index contributed by atoms with van der Waals surface area (Å²) in [6.45, 7) is 5.17. The molecule has 3 aromatic carbocycles. The number of hydrazone groups is 1. The van der Waals surface area contributed by atoms with Gasteiger partial charge in [0.25, 0.3) is 11.8 Å². The first-order chi connectivity index (χ1) is 17.1. The lowest BCUT2D eigenvalue weighted by Gasteiger charge is -2.10. The van der Waals surface area contributed by atoms with Crippen molar-refractivity contribution < 1.29 is 19.1 Å². The lowest BCUT2D eigenvalue weighted by Crippen LogP contribution is -2.32.